The Morgan fingerprint density at radius 3 is 2.16 bits per heavy atom. The van der Waals surface area contributed by atoms with Crippen LogP contribution in [0.1, 0.15) is 34.1 Å². The zero-order valence-corrected chi connectivity index (χ0v) is 15.7. The molecule has 1 aromatic carbocycles. The predicted molar refractivity (Wildman–Crippen MR) is 92.7 cm³/mol. The molecule has 0 unspecified atom stereocenters. The van der Waals surface area contributed by atoms with Crippen molar-refractivity contribution in [3.05, 3.63) is 30.3 Å². The highest BCUT2D eigenvalue weighted by molar-refractivity contribution is 7.89. The SMILES string of the molecule is CC(C)C[C@@H](C=O)N(C(=O)[C@@H](NF)C(C)C)S(=O)(=O)c1ccccc1. The third kappa shape index (κ3) is 5.09. The Bertz CT molecular complexity index is 677. The van der Waals surface area contributed by atoms with Crippen molar-refractivity contribution >= 4 is 22.2 Å². The van der Waals surface area contributed by atoms with Gasteiger partial charge in [-0.15, -0.1) is 10.0 Å². The molecule has 0 heterocycles. The van der Waals surface area contributed by atoms with E-state index in [1.807, 2.05) is 13.8 Å². The number of sulfonamides is 1. The summed E-state index contributed by atoms with van der Waals surface area (Å²) in [6.45, 7) is 6.78. The van der Waals surface area contributed by atoms with E-state index in [1.165, 1.54) is 29.8 Å². The molecule has 0 fully saturated rings. The van der Waals surface area contributed by atoms with Gasteiger partial charge in [0.1, 0.15) is 18.4 Å². The standard InChI is InChI=1S/C17H25FN2O4S/c1-12(2)10-14(11-21)20(17(22)16(19-18)13(3)4)25(23,24)15-8-6-5-7-9-15/h5-9,11-14,16,19H,10H2,1-4H3/t14-,16-/m0/s1. The number of nitrogens with one attached hydrogen (secondary N) is 1. The molecule has 25 heavy (non-hydrogen) atoms. The molecule has 1 N–H and O–H groups in total. The number of nitrogens with zero attached hydrogens (tertiary/aromatic N) is 1. The molecule has 6 nitrogen and oxygen atoms in total. The Labute approximate surface area is 148 Å². The second-order valence-corrected chi connectivity index (χ2v) is 8.43. The van der Waals surface area contributed by atoms with Gasteiger partial charge < -0.3 is 4.79 Å². The van der Waals surface area contributed by atoms with Crippen LogP contribution >= 0.6 is 0 Å². The third-order valence-corrected chi connectivity index (χ3v) is 5.58. The average Bonchev–Trinajstić information content (AvgIpc) is 2.54. The molecule has 0 saturated heterocycles. The Morgan fingerprint density at radius 2 is 1.76 bits per heavy atom. The first-order chi connectivity index (χ1) is 11.7. The number of rotatable bonds is 9. The van der Waals surface area contributed by atoms with E-state index in [0.717, 1.165) is 0 Å². The van der Waals surface area contributed by atoms with E-state index < -0.39 is 33.9 Å². The minimum absolute atomic E-state index is 0.0349. The second-order valence-electron chi connectivity index (χ2n) is 6.62. The maximum atomic E-state index is 13.2. The summed E-state index contributed by atoms with van der Waals surface area (Å²) in [6.07, 6.45) is 0.576. The molecule has 1 aromatic rings. The summed E-state index contributed by atoms with van der Waals surface area (Å²) in [4.78, 5) is 24.3. The van der Waals surface area contributed by atoms with E-state index in [0.29, 0.717) is 10.6 Å². The first-order valence-corrected chi connectivity index (χ1v) is 9.55. The van der Waals surface area contributed by atoms with Crippen LogP contribution in [0.25, 0.3) is 0 Å². The lowest BCUT2D eigenvalue weighted by molar-refractivity contribution is -0.135. The van der Waals surface area contributed by atoms with Crippen LogP contribution in [0.5, 0.6) is 0 Å². The zero-order chi connectivity index (χ0) is 19.2. The van der Waals surface area contributed by atoms with E-state index in [1.54, 1.807) is 19.9 Å². The van der Waals surface area contributed by atoms with E-state index in [9.17, 15) is 22.5 Å². The molecule has 2 atom stereocenters. The molecule has 0 spiro atoms. The molecular formula is C17H25FN2O4S. The van der Waals surface area contributed by atoms with Crippen molar-refractivity contribution in [2.45, 2.75) is 51.1 Å². The van der Waals surface area contributed by atoms with Crippen LogP contribution in [0.4, 0.5) is 4.48 Å². The molecule has 8 heteroatoms. The van der Waals surface area contributed by atoms with Gasteiger partial charge in [-0.05, 0) is 30.4 Å². The quantitative estimate of drug-likeness (QED) is 0.531. The van der Waals surface area contributed by atoms with Crippen LogP contribution < -0.4 is 5.54 Å². The molecule has 0 aliphatic heterocycles. The highest BCUT2D eigenvalue weighted by Crippen LogP contribution is 2.23. The monoisotopic (exact) mass is 372 g/mol. The number of halogens is 1. The van der Waals surface area contributed by atoms with Crippen molar-refractivity contribution in [1.82, 2.24) is 9.84 Å². The Balaban J connectivity index is 3.46. The highest BCUT2D eigenvalue weighted by atomic mass is 32.2. The lowest BCUT2D eigenvalue weighted by Gasteiger charge is -2.32. The highest BCUT2D eigenvalue weighted by Gasteiger charge is 2.40. The molecule has 1 rings (SSSR count). The fourth-order valence-electron chi connectivity index (χ4n) is 2.45. The number of carbonyl (C=O) groups is 2. The fraction of sp³-hybridized carbons (Fsp3) is 0.529. The zero-order valence-electron chi connectivity index (χ0n) is 14.8. The van der Waals surface area contributed by atoms with Crippen molar-refractivity contribution in [2.24, 2.45) is 11.8 Å². The molecule has 0 aromatic heterocycles. The van der Waals surface area contributed by atoms with Crippen LogP contribution in [-0.4, -0.2) is 37.0 Å². The molecule has 0 aliphatic carbocycles. The van der Waals surface area contributed by atoms with Crippen molar-refractivity contribution in [2.75, 3.05) is 0 Å². The average molecular weight is 372 g/mol. The van der Waals surface area contributed by atoms with Gasteiger partial charge in [0.25, 0.3) is 15.9 Å². The Hall–Kier alpha value is -1.80. The Kier molecular flexibility index (Phi) is 7.69. The summed E-state index contributed by atoms with van der Waals surface area (Å²) in [5, 5.41) is 0. The van der Waals surface area contributed by atoms with Crippen LogP contribution in [0, 0.1) is 11.8 Å². The summed E-state index contributed by atoms with van der Waals surface area (Å²) >= 11 is 0. The molecular weight excluding hydrogens is 347 g/mol. The van der Waals surface area contributed by atoms with E-state index in [2.05, 4.69) is 0 Å². The van der Waals surface area contributed by atoms with Gasteiger partial charge >= 0.3 is 0 Å². The van der Waals surface area contributed by atoms with Gasteiger partial charge in [-0.2, -0.15) is 0 Å². The van der Waals surface area contributed by atoms with E-state index in [4.69, 9.17) is 0 Å². The van der Waals surface area contributed by atoms with Crippen LogP contribution in [0.2, 0.25) is 0 Å². The van der Waals surface area contributed by atoms with Gasteiger partial charge in [-0.25, -0.2) is 12.7 Å². The minimum Gasteiger partial charge on any atom is -0.301 e. The normalized spacial score (nSPS) is 14.4. The van der Waals surface area contributed by atoms with Crippen molar-refractivity contribution in [3.63, 3.8) is 0 Å². The number of hydrogen-bond donors (Lipinski definition) is 1. The third-order valence-electron chi connectivity index (χ3n) is 3.74. The maximum Gasteiger partial charge on any atom is 0.267 e. The summed E-state index contributed by atoms with van der Waals surface area (Å²) < 4.78 is 39.7. The second kappa shape index (κ2) is 9.05. The van der Waals surface area contributed by atoms with Gasteiger partial charge in [0, 0.05) is 0 Å². The van der Waals surface area contributed by atoms with Crippen LogP contribution in [-0.2, 0) is 19.6 Å². The largest absolute Gasteiger partial charge is 0.301 e. The van der Waals surface area contributed by atoms with Gasteiger partial charge in [-0.1, -0.05) is 45.9 Å². The van der Waals surface area contributed by atoms with Gasteiger partial charge in [0.15, 0.2) is 0 Å². The number of amides is 1. The summed E-state index contributed by atoms with van der Waals surface area (Å²) in [5.74, 6) is -1.52. The minimum atomic E-state index is -4.30. The topological polar surface area (TPSA) is 83.6 Å². The lowest BCUT2D eigenvalue weighted by Crippen LogP contribution is -2.54. The maximum absolute atomic E-state index is 13.2. The predicted octanol–water partition coefficient (Wildman–Crippen LogP) is 2.32. The van der Waals surface area contributed by atoms with E-state index in [-0.39, 0.29) is 17.2 Å². The Morgan fingerprint density at radius 1 is 1.20 bits per heavy atom. The summed E-state index contributed by atoms with van der Waals surface area (Å²) in [7, 11) is -4.30. The number of carbonyl (C=O) groups excluding carboxylic acids is 2. The number of aldehydes is 1. The summed E-state index contributed by atoms with van der Waals surface area (Å²) in [6, 6.07) is 4.76. The van der Waals surface area contributed by atoms with Crippen molar-refractivity contribution in [1.29, 1.82) is 0 Å². The molecule has 0 aliphatic rings. The molecule has 0 radical (unpaired) electrons. The lowest BCUT2D eigenvalue weighted by atomic mass is 10.0. The fourth-order valence-corrected chi connectivity index (χ4v) is 4.02. The molecule has 140 valence electrons. The van der Waals surface area contributed by atoms with Gasteiger partial charge in [0.2, 0.25) is 0 Å². The van der Waals surface area contributed by atoms with Crippen LogP contribution in [0.15, 0.2) is 35.2 Å². The molecule has 1 amide bonds. The van der Waals surface area contributed by atoms with Crippen molar-refractivity contribution in [3.8, 4) is 0 Å². The first-order valence-electron chi connectivity index (χ1n) is 8.11. The van der Waals surface area contributed by atoms with Crippen LogP contribution in [0.3, 0.4) is 0 Å². The van der Waals surface area contributed by atoms with E-state index >= 15 is 0 Å². The van der Waals surface area contributed by atoms with Crippen molar-refractivity contribution < 1.29 is 22.5 Å². The first kappa shape index (κ1) is 21.2. The summed E-state index contributed by atoms with van der Waals surface area (Å²) in [5.41, 5.74) is 1.37. The smallest absolute Gasteiger partial charge is 0.267 e. The molecule has 0 saturated carbocycles. The number of hydrogen-bond acceptors (Lipinski definition) is 5. The number of benzene rings is 1. The van der Waals surface area contributed by atoms with Gasteiger partial charge in [-0.3, -0.25) is 4.79 Å². The van der Waals surface area contributed by atoms with Gasteiger partial charge in [0.05, 0.1) is 4.90 Å². The molecule has 0 bridgehead atoms.